The highest BCUT2D eigenvalue weighted by Crippen LogP contribution is 2.22. The fourth-order valence-corrected chi connectivity index (χ4v) is 2.18. The fourth-order valence-electron chi connectivity index (χ4n) is 2.18. The minimum Gasteiger partial charge on any atom is -0.494 e. The van der Waals surface area contributed by atoms with Gasteiger partial charge in [-0.1, -0.05) is 24.3 Å². The van der Waals surface area contributed by atoms with E-state index in [1.165, 1.54) is 12.1 Å². The maximum atomic E-state index is 13.8. The van der Waals surface area contributed by atoms with Gasteiger partial charge in [-0.15, -0.1) is 0 Å². The van der Waals surface area contributed by atoms with Crippen LogP contribution in [0.4, 0.5) is 4.39 Å². The van der Waals surface area contributed by atoms with Crippen molar-refractivity contribution in [1.29, 1.82) is 0 Å². The Balaban J connectivity index is 1.92. The highest BCUT2D eigenvalue weighted by atomic mass is 19.1. The van der Waals surface area contributed by atoms with E-state index in [4.69, 9.17) is 9.47 Å². The largest absolute Gasteiger partial charge is 0.494 e. The van der Waals surface area contributed by atoms with Gasteiger partial charge in [0.15, 0.2) is 5.70 Å². The molecule has 0 atom stereocenters. The quantitative estimate of drug-likeness (QED) is 0.640. The third kappa shape index (κ3) is 3.29. The Morgan fingerprint density at radius 3 is 2.83 bits per heavy atom. The van der Waals surface area contributed by atoms with Gasteiger partial charge in [-0.05, 0) is 42.8 Å². The van der Waals surface area contributed by atoms with E-state index < -0.39 is 11.8 Å². The Hall–Kier alpha value is -2.95. The number of aliphatic imine (C=N–C) groups is 1. The van der Waals surface area contributed by atoms with E-state index in [1.807, 2.05) is 25.1 Å². The standard InChI is InChI=1S/C18H14FNO3/c1-2-22-13-7-5-6-12(10-13)11-16-18(21)23-17(20-16)14-8-3-4-9-15(14)19/h3-11H,2H2,1H3/b16-11+. The third-order valence-electron chi connectivity index (χ3n) is 3.20. The minimum absolute atomic E-state index is 0.0275. The topological polar surface area (TPSA) is 47.9 Å². The first-order valence-corrected chi connectivity index (χ1v) is 7.17. The number of carbonyl (C=O) groups is 1. The van der Waals surface area contributed by atoms with Gasteiger partial charge in [-0.3, -0.25) is 0 Å². The number of benzene rings is 2. The van der Waals surface area contributed by atoms with Crippen LogP contribution in [0.25, 0.3) is 6.08 Å². The summed E-state index contributed by atoms with van der Waals surface area (Å²) in [6.45, 7) is 2.45. The summed E-state index contributed by atoms with van der Waals surface area (Å²) in [6, 6.07) is 13.3. The molecule has 116 valence electrons. The molecule has 0 saturated heterocycles. The van der Waals surface area contributed by atoms with E-state index in [-0.39, 0.29) is 17.2 Å². The number of hydrogen-bond donors (Lipinski definition) is 0. The first-order valence-electron chi connectivity index (χ1n) is 7.17. The van der Waals surface area contributed by atoms with Gasteiger partial charge >= 0.3 is 5.97 Å². The van der Waals surface area contributed by atoms with Crippen LogP contribution >= 0.6 is 0 Å². The molecule has 0 bridgehead atoms. The number of nitrogens with zero attached hydrogens (tertiary/aromatic N) is 1. The van der Waals surface area contributed by atoms with Gasteiger partial charge in [0.05, 0.1) is 12.2 Å². The molecule has 0 fully saturated rings. The van der Waals surface area contributed by atoms with Crippen LogP contribution in [0.15, 0.2) is 59.2 Å². The van der Waals surface area contributed by atoms with E-state index in [1.54, 1.807) is 24.3 Å². The molecule has 3 rings (SSSR count). The lowest BCUT2D eigenvalue weighted by atomic mass is 10.2. The predicted molar refractivity (Wildman–Crippen MR) is 84.6 cm³/mol. The van der Waals surface area contributed by atoms with Crippen molar-refractivity contribution in [2.45, 2.75) is 6.92 Å². The Kier molecular flexibility index (Phi) is 4.19. The van der Waals surface area contributed by atoms with Gasteiger partial charge in [0.25, 0.3) is 0 Å². The maximum Gasteiger partial charge on any atom is 0.363 e. The lowest BCUT2D eigenvalue weighted by Crippen LogP contribution is -2.07. The molecule has 2 aromatic rings. The number of carbonyl (C=O) groups excluding carboxylic acids is 1. The molecular weight excluding hydrogens is 297 g/mol. The lowest BCUT2D eigenvalue weighted by molar-refractivity contribution is -0.129. The number of ether oxygens (including phenoxy) is 2. The summed E-state index contributed by atoms with van der Waals surface area (Å²) >= 11 is 0. The Morgan fingerprint density at radius 2 is 2.04 bits per heavy atom. The molecule has 0 aromatic heterocycles. The van der Waals surface area contributed by atoms with E-state index in [2.05, 4.69) is 4.99 Å². The second-order valence-electron chi connectivity index (χ2n) is 4.82. The average Bonchev–Trinajstić information content (AvgIpc) is 2.89. The fraction of sp³-hybridized carbons (Fsp3) is 0.111. The molecule has 2 aromatic carbocycles. The van der Waals surface area contributed by atoms with Crippen molar-refractivity contribution in [2.24, 2.45) is 4.99 Å². The summed E-state index contributed by atoms with van der Waals surface area (Å²) in [5, 5.41) is 0. The van der Waals surface area contributed by atoms with Crippen LogP contribution < -0.4 is 4.74 Å². The van der Waals surface area contributed by atoms with Crippen molar-refractivity contribution < 1.29 is 18.7 Å². The zero-order valence-electron chi connectivity index (χ0n) is 12.5. The molecule has 1 heterocycles. The Bertz CT molecular complexity index is 811. The molecule has 0 amide bonds. The molecule has 0 aliphatic carbocycles. The Labute approximate surface area is 132 Å². The van der Waals surface area contributed by atoms with Crippen LogP contribution in [0.5, 0.6) is 5.75 Å². The van der Waals surface area contributed by atoms with E-state index >= 15 is 0 Å². The van der Waals surface area contributed by atoms with Crippen molar-refractivity contribution in [3.8, 4) is 5.75 Å². The van der Waals surface area contributed by atoms with E-state index in [0.29, 0.717) is 12.4 Å². The second kappa shape index (κ2) is 6.44. The monoisotopic (exact) mass is 311 g/mol. The van der Waals surface area contributed by atoms with Crippen LogP contribution in [0, 0.1) is 5.82 Å². The van der Waals surface area contributed by atoms with E-state index in [0.717, 1.165) is 5.56 Å². The van der Waals surface area contributed by atoms with Gasteiger partial charge in [0, 0.05) is 0 Å². The summed E-state index contributed by atoms with van der Waals surface area (Å²) in [5.74, 6) is -0.421. The SMILES string of the molecule is CCOc1cccc(/C=C2/N=C(c3ccccc3F)OC2=O)c1. The third-order valence-corrected chi connectivity index (χ3v) is 3.20. The number of rotatable bonds is 4. The average molecular weight is 311 g/mol. The Morgan fingerprint density at radius 1 is 1.22 bits per heavy atom. The number of esters is 1. The van der Waals surface area contributed by atoms with Crippen molar-refractivity contribution in [3.05, 3.63) is 71.2 Å². The molecule has 1 aliphatic rings. The zero-order valence-corrected chi connectivity index (χ0v) is 12.5. The molecule has 5 heteroatoms. The van der Waals surface area contributed by atoms with Crippen LogP contribution in [-0.4, -0.2) is 18.5 Å². The number of cyclic esters (lactones) is 1. The summed E-state index contributed by atoms with van der Waals surface area (Å²) in [7, 11) is 0. The van der Waals surface area contributed by atoms with Gasteiger partial charge in [-0.2, -0.15) is 0 Å². The smallest absolute Gasteiger partial charge is 0.363 e. The first-order chi connectivity index (χ1) is 11.2. The molecule has 0 radical (unpaired) electrons. The number of halogens is 1. The van der Waals surface area contributed by atoms with Crippen molar-refractivity contribution >= 4 is 17.9 Å². The van der Waals surface area contributed by atoms with Crippen molar-refractivity contribution in [2.75, 3.05) is 6.61 Å². The molecular formula is C18H14FNO3. The minimum atomic E-state index is -0.606. The lowest BCUT2D eigenvalue weighted by Gasteiger charge is -2.03. The van der Waals surface area contributed by atoms with Gasteiger partial charge < -0.3 is 9.47 Å². The van der Waals surface area contributed by atoms with Crippen LogP contribution in [0.1, 0.15) is 18.1 Å². The maximum absolute atomic E-state index is 13.8. The zero-order chi connectivity index (χ0) is 16.2. The van der Waals surface area contributed by atoms with Gasteiger partial charge in [0.1, 0.15) is 11.6 Å². The van der Waals surface area contributed by atoms with Crippen molar-refractivity contribution in [3.63, 3.8) is 0 Å². The molecule has 4 nitrogen and oxygen atoms in total. The highest BCUT2D eigenvalue weighted by Gasteiger charge is 2.25. The summed E-state index contributed by atoms with van der Waals surface area (Å²) < 4.78 is 24.2. The molecule has 1 aliphatic heterocycles. The van der Waals surface area contributed by atoms with Gasteiger partial charge in [0.2, 0.25) is 5.90 Å². The second-order valence-corrected chi connectivity index (χ2v) is 4.82. The predicted octanol–water partition coefficient (Wildman–Crippen LogP) is 3.57. The van der Waals surface area contributed by atoms with Crippen LogP contribution in [0.2, 0.25) is 0 Å². The number of hydrogen-bond acceptors (Lipinski definition) is 4. The van der Waals surface area contributed by atoms with Crippen LogP contribution in [0.3, 0.4) is 0 Å². The summed E-state index contributed by atoms with van der Waals surface area (Å²) in [6.07, 6.45) is 1.58. The highest BCUT2D eigenvalue weighted by molar-refractivity contribution is 6.12. The van der Waals surface area contributed by atoms with Crippen LogP contribution in [-0.2, 0) is 9.53 Å². The molecule has 23 heavy (non-hydrogen) atoms. The summed E-state index contributed by atoms with van der Waals surface area (Å²) in [5.41, 5.74) is 1.03. The van der Waals surface area contributed by atoms with Crippen molar-refractivity contribution in [1.82, 2.24) is 0 Å². The molecule has 0 saturated carbocycles. The molecule has 0 unspecified atom stereocenters. The normalized spacial score (nSPS) is 15.5. The molecule has 0 N–H and O–H groups in total. The van der Waals surface area contributed by atoms with E-state index in [9.17, 15) is 9.18 Å². The first kappa shape index (κ1) is 15.0. The molecule has 0 spiro atoms. The van der Waals surface area contributed by atoms with Gasteiger partial charge in [-0.25, -0.2) is 14.2 Å². The summed E-state index contributed by atoms with van der Waals surface area (Å²) in [4.78, 5) is 16.0.